The Hall–Kier alpha value is -5.77. The third-order valence-electron chi connectivity index (χ3n) is 8.28. The van der Waals surface area contributed by atoms with E-state index in [0.29, 0.717) is 42.5 Å². The summed E-state index contributed by atoms with van der Waals surface area (Å²) in [5.74, 6) is -1.57. The smallest absolute Gasteiger partial charge is 0.303 e. The summed E-state index contributed by atoms with van der Waals surface area (Å²) in [4.78, 5) is 40.3. The van der Waals surface area contributed by atoms with Gasteiger partial charge in [-0.1, -0.05) is 53.7 Å². The molecule has 0 atom stereocenters. The van der Waals surface area contributed by atoms with Crippen molar-refractivity contribution >= 4 is 50.7 Å². The van der Waals surface area contributed by atoms with Gasteiger partial charge in [-0.05, 0) is 55.5 Å². The molecule has 6 aromatic rings. The fourth-order valence-corrected chi connectivity index (χ4v) is 6.11. The third kappa shape index (κ3) is 5.42. The summed E-state index contributed by atoms with van der Waals surface area (Å²) in [7, 11) is 0. The fourth-order valence-electron chi connectivity index (χ4n) is 6.11. The number of carboxylic acid groups (broad SMARTS) is 1. The van der Waals surface area contributed by atoms with Crippen LogP contribution in [-0.2, 0) is 33.8 Å². The number of fused-ring (bicyclic) bond motifs is 2. The zero-order valence-corrected chi connectivity index (χ0v) is 24.4. The Morgan fingerprint density at radius 1 is 0.800 bits per heavy atom. The molecule has 2 amide bonds. The predicted molar refractivity (Wildman–Crippen MR) is 170 cm³/mol. The Morgan fingerprint density at radius 3 is 2.33 bits per heavy atom. The van der Waals surface area contributed by atoms with Gasteiger partial charge < -0.3 is 14.7 Å². The molecule has 1 aliphatic rings. The van der Waals surface area contributed by atoms with Crippen molar-refractivity contribution in [3.63, 3.8) is 0 Å². The van der Waals surface area contributed by atoms with E-state index < -0.39 is 17.8 Å². The molecule has 4 heterocycles. The average molecular weight is 599 g/mol. The lowest BCUT2D eigenvalue weighted by Gasteiger charge is -2.04. The van der Waals surface area contributed by atoms with Crippen LogP contribution in [0.15, 0.2) is 91.4 Å². The number of aliphatic carboxylic acids is 1. The first-order valence-electron chi connectivity index (χ1n) is 14.9. The Balaban J connectivity index is 1.11. The molecule has 45 heavy (non-hydrogen) atoms. The number of nitrogens with zero attached hydrogens (tertiary/aromatic N) is 4. The highest BCUT2D eigenvalue weighted by Crippen LogP contribution is 2.38. The second-order valence-electron chi connectivity index (χ2n) is 11.2. The summed E-state index contributed by atoms with van der Waals surface area (Å²) in [6, 6.07) is 23.6. The number of hydrogen-bond acceptors (Lipinski definition) is 5. The molecule has 0 aliphatic carbocycles. The number of nitrogens with one attached hydrogen (secondary N) is 2. The standard InChI is InChI=1S/C35H30N6O4/c42-31(43)13-5-7-22-14-16-24(17-15-22)41-20-23(38-39-41)8-6-18-40-21-28(26-10-2-4-12-30(26)40)33-32(34(44)37-35(33)45)27-19-36-29-11-3-1-9-25(27)29/h1-4,9-12,14-17,19-21,36H,5-8,13,18H2,(H,42,43)(H,37,44,45). The van der Waals surface area contributed by atoms with Gasteiger partial charge in [0, 0.05) is 58.3 Å². The number of amides is 2. The van der Waals surface area contributed by atoms with Crippen molar-refractivity contribution in [1.82, 2.24) is 29.9 Å². The quantitative estimate of drug-likeness (QED) is 0.173. The summed E-state index contributed by atoms with van der Waals surface area (Å²) in [5.41, 5.74) is 6.92. The monoisotopic (exact) mass is 598 g/mol. The van der Waals surface area contributed by atoms with Gasteiger partial charge in [0.1, 0.15) is 0 Å². The van der Waals surface area contributed by atoms with Crippen molar-refractivity contribution in [3.05, 3.63) is 114 Å². The molecule has 0 radical (unpaired) electrons. The van der Waals surface area contributed by atoms with E-state index in [4.69, 9.17) is 5.11 Å². The van der Waals surface area contributed by atoms with Crippen LogP contribution in [0.2, 0.25) is 0 Å². The van der Waals surface area contributed by atoms with Gasteiger partial charge in [0.25, 0.3) is 11.8 Å². The van der Waals surface area contributed by atoms with E-state index in [1.165, 1.54) is 0 Å². The number of aromatic nitrogens is 5. The number of hydrogen-bond donors (Lipinski definition) is 3. The van der Waals surface area contributed by atoms with Gasteiger partial charge >= 0.3 is 5.97 Å². The molecule has 10 nitrogen and oxygen atoms in total. The van der Waals surface area contributed by atoms with Crippen LogP contribution in [0.3, 0.4) is 0 Å². The number of aryl methyl sites for hydroxylation is 3. The van der Waals surface area contributed by atoms with Crippen molar-refractivity contribution < 1.29 is 19.5 Å². The van der Waals surface area contributed by atoms with Crippen molar-refractivity contribution in [2.24, 2.45) is 0 Å². The maximum absolute atomic E-state index is 13.2. The summed E-state index contributed by atoms with van der Waals surface area (Å²) in [6.07, 6.45) is 8.67. The minimum atomic E-state index is -0.780. The molecule has 0 bridgehead atoms. The van der Waals surface area contributed by atoms with E-state index >= 15 is 0 Å². The first-order valence-corrected chi connectivity index (χ1v) is 14.9. The number of carbonyl (C=O) groups excluding carboxylic acids is 2. The molecule has 0 fully saturated rings. The molecular formula is C35H30N6O4. The SMILES string of the molecule is O=C(O)CCCc1ccc(-n2cc(CCCn3cc(C4=C(c5c[nH]c6ccccc56)C(=O)NC4=O)c4ccccc43)nn2)cc1. The van der Waals surface area contributed by atoms with Crippen LogP contribution in [0.4, 0.5) is 0 Å². The summed E-state index contributed by atoms with van der Waals surface area (Å²) < 4.78 is 3.88. The molecule has 3 N–H and O–H groups in total. The van der Waals surface area contributed by atoms with Crippen LogP contribution in [-0.4, -0.2) is 47.4 Å². The molecule has 0 saturated heterocycles. The van der Waals surface area contributed by atoms with Gasteiger partial charge in [-0.3, -0.25) is 19.7 Å². The van der Waals surface area contributed by atoms with Crippen LogP contribution < -0.4 is 5.32 Å². The number of carbonyl (C=O) groups is 3. The van der Waals surface area contributed by atoms with Gasteiger partial charge in [0.15, 0.2) is 0 Å². The second kappa shape index (κ2) is 11.7. The van der Waals surface area contributed by atoms with Crippen molar-refractivity contribution in [1.29, 1.82) is 0 Å². The topological polar surface area (TPSA) is 135 Å². The van der Waals surface area contributed by atoms with Gasteiger partial charge in [0.2, 0.25) is 0 Å². The van der Waals surface area contributed by atoms with Crippen molar-refractivity contribution in [2.75, 3.05) is 0 Å². The van der Waals surface area contributed by atoms with Gasteiger partial charge in [-0.25, -0.2) is 4.68 Å². The van der Waals surface area contributed by atoms with E-state index in [9.17, 15) is 14.4 Å². The van der Waals surface area contributed by atoms with Crippen LogP contribution in [0.5, 0.6) is 0 Å². The lowest BCUT2D eigenvalue weighted by atomic mass is 9.95. The molecule has 0 unspecified atom stereocenters. The van der Waals surface area contributed by atoms with E-state index in [2.05, 4.69) is 25.2 Å². The van der Waals surface area contributed by atoms with Crippen LogP contribution in [0.1, 0.15) is 41.6 Å². The van der Waals surface area contributed by atoms with Gasteiger partial charge in [0.05, 0.1) is 28.7 Å². The Bertz CT molecular complexity index is 2110. The number of aromatic amines is 1. The largest absolute Gasteiger partial charge is 0.481 e. The number of imide groups is 1. The van der Waals surface area contributed by atoms with Crippen LogP contribution in [0, 0.1) is 0 Å². The highest BCUT2D eigenvalue weighted by atomic mass is 16.4. The zero-order chi connectivity index (χ0) is 30.9. The summed E-state index contributed by atoms with van der Waals surface area (Å²) >= 11 is 0. The van der Waals surface area contributed by atoms with E-state index in [1.807, 2.05) is 85.2 Å². The number of rotatable bonds is 11. The number of benzene rings is 3. The lowest BCUT2D eigenvalue weighted by molar-refractivity contribution is -0.137. The molecule has 3 aromatic carbocycles. The molecule has 3 aromatic heterocycles. The summed E-state index contributed by atoms with van der Waals surface area (Å²) in [6.45, 7) is 0.684. The molecule has 0 saturated carbocycles. The highest BCUT2D eigenvalue weighted by molar-refractivity contribution is 6.50. The minimum Gasteiger partial charge on any atom is -0.481 e. The first-order chi connectivity index (χ1) is 22.0. The highest BCUT2D eigenvalue weighted by Gasteiger charge is 2.35. The summed E-state index contributed by atoms with van der Waals surface area (Å²) in [5, 5.41) is 21.8. The number of H-pyrrole nitrogens is 1. The second-order valence-corrected chi connectivity index (χ2v) is 11.2. The molecule has 0 spiro atoms. The zero-order valence-electron chi connectivity index (χ0n) is 24.4. The van der Waals surface area contributed by atoms with E-state index in [1.54, 1.807) is 10.9 Å². The van der Waals surface area contributed by atoms with Gasteiger partial charge in [-0.15, -0.1) is 5.10 Å². The van der Waals surface area contributed by atoms with Crippen LogP contribution in [0.25, 0.3) is 38.6 Å². The molecule has 10 heteroatoms. The lowest BCUT2D eigenvalue weighted by Crippen LogP contribution is -2.22. The Morgan fingerprint density at radius 2 is 1.53 bits per heavy atom. The molecule has 7 rings (SSSR count). The Kier molecular flexibility index (Phi) is 7.30. The average Bonchev–Trinajstić information content (AvgIpc) is 3.82. The van der Waals surface area contributed by atoms with Crippen molar-refractivity contribution in [2.45, 2.75) is 38.6 Å². The molecule has 224 valence electrons. The van der Waals surface area contributed by atoms with Crippen LogP contribution >= 0.6 is 0 Å². The predicted octanol–water partition coefficient (Wildman–Crippen LogP) is 5.31. The first kappa shape index (κ1) is 28.0. The normalized spacial score (nSPS) is 13.3. The maximum Gasteiger partial charge on any atom is 0.303 e. The molecular weight excluding hydrogens is 568 g/mol. The van der Waals surface area contributed by atoms with Crippen molar-refractivity contribution in [3.8, 4) is 5.69 Å². The maximum atomic E-state index is 13.2. The molecule has 1 aliphatic heterocycles. The fraction of sp³-hybridized carbons (Fsp3) is 0.171. The third-order valence-corrected chi connectivity index (χ3v) is 8.28. The minimum absolute atomic E-state index is 0.160. The van der Waals surface area contributed by atoms with Gasteiger partial charge in [-0.2, -0.15) is 0 Å². The van der Waals surface area contributed by atoms with E-state index in [-0.39, 0.29) is 6.42 Å². The number of para-hydroxylation sites is 2. The Labute approximate surface area is 258 Å². The van der Waals surface area contributed by atoms with E-state index in [0.717, 1.165) is 50.7 Å². The number of carboxylic acids is 1.